The highest BCUT2D eigenvalue weighted by molar-refractivity contribution is 5.92. The third-order valence-electron chi connectivity index (χ3n) is 14.0. The normalized spacial score (nSPS) is 30.5. The van der Waals surface area contributed by atoms with Gasteiger partial charge in [0.1, 0.15) is 35.4 Å². The van der Waals surface area contributed by atoms with E-state index in [4.69, 9.17) is 14.2 Å². The average molecular weight is 875 g/mol. The molecule has 0 spiro atoms. The largest absolute Gasteiger partial charge is 0.480 e. The summed E-state index contributed by atoms with van der Waals surface area (Å²) in [4.78, 5) is 79.1. The number of carboxylic acid groups (broad SMARTS) is 1. The van der Waals surface area contributed by atoms with Gasteiger partial charge >= 0.3 is 24.1 Å². The van der Waals surface area contributed by atoms with Gasteiger partial charge in [-0.05, 0) is 102 Å². The number of nitrogens with one attached hydrogen (secondary N) is 2. The number of carboxylic acids is 1. The predicted molar refractivity (Wildman–Crippen MR) is 212 cm³/mol. The fourth-order valence-corrected chi connectivity index (χ4v) is 10.5. The number of hydrogen-bond acceptors (Lipinski definition) is 9. The summed E-state index contributed by atoms with van der Waals surface area (Å²) in [5.74, 6) is -8.91. The molecule has 2 aliphatic heterocycles. The van der Waals surface area contributed by atoms with Crippen LogP contribution in [0.5, 0.6) is 0 Å². The number of amides is 4. The van der Waals surface area contributed by atoms with Crippen molar-refractivity contribution < 1.29 is 65.6 Å². The van der Waals surface area contributed by atoms with Gasteiger partial charge in [-0.25, -0.2) is 36.7 Å². The molecule has 14 nitrogen and oxygen atoms in total. The van der Waals surface area contributed by atoms with Gasteiger partial charge in [0.15, 0.2) is 0 Å². The molecule has 0 bridgehead atoms. The van der Waals surface area contributed by atoms with Gasteiger partial charge in [0.2, 0.25) is 23.7 Å². The molecule has 6 aliphatic rings. The van der Waals surface area contributed by atoms with Crippen molar-refractivity contribution >= 4 is 35.9 Å². The number of nitrogens with zero attached hydrogens (tertiary/aromatic N) is 2. The highest BCUT2D eigenvalue weighted by atomic mass is 19.3. The highest BCUT2D eigenvalue weighted by Gasteiger charge is 2.71. The Bertz CT molecular complexity index is 1710. The number of fused-ring (bicyclic) bond motifs is 2. The van der Waals surface area contributed by atoms with Crippen molar-refractivity contribution in [2.24, 2.45) is 46.3 Å². The lowest BCUT2D eigenvalue weighted by Gasteiger charge is -2.37. The third kappa shape index (κ3) is 10.7. The molecule has 3 N–H and O–H groups in total. The van der Waals surface area contributed by atoms with Crippen LogP contribution in [-0.2, 0) is 33.4 Å². The number of hydrogen-bond donors (Lipinski definition) is 3. The maximum Gasteiger partial charge on any atom is 0.408 e. The summed E-state index contributed by atoms with van der Waals surface area (Å²) in [6.07, 6.45) is -2.63. The standard InChI is InChI=1S/C22H34F2N2O5.C21H32F2N2O5/c1-20(2,3)31-19(29)25-15(12-7-9-22(23,24)10-8-12)17(27)26-11-13-14(21(13,4)5)16(26)18(28)30-6;1-19(2,3)30-18(29)24-14(11-6-8-21(22,23)9-7-11)16(26)25-10-12-13(20(12,4)5)15(25)17(27)28/h12-16H,7-11H2,1-6H3,(H,25,29);11-15H,6-10H2,1-5H3,(H,24,29)(H,27,28)/t13-,14-,15?,16-;12-,13-,14?,15-/m00/s1. The van der Waals surface area contributed by atoms with E-state index < -0.39 is 95.0 Å². The van der Waals surface area contributed by atoms with Gasteiger partial charge in [0.25, 0.3) is 0 Å². The lowest BCUT2D eigenvalue weighted by atomic mass is 9.81. The van der Waals surface area contributed by atoms with Crippen LogP contribution in [0.2, 0.25) is 0 Å². The molecule has 6 rings (SSSR count). The van der Waals surface area contributed by atoms with Crippen LogP contribution >= 0.6 is 0 Å². The number of alkyl halides is 4. The summed E-state index contributed by atoms with van der Waals surface area (Å²) in [6, 6.07) is -3.81. The van der Waals surface area contributed by atoms with E-state index in [1.165, 1.54) is 16.9 Å². The summed E-state index contributed by atoms with van der Waals surface area (Å²) in [7, 11) is 1.29. The first-order valence-electron chi connectivity index (χ1n) is 21.5. The lowest BCUT2D eigenvalue weighted by molar-refractivity contribution is -0.154. The molecule has 0 radical (unpaired) electrons. The number of likely N-dealkylation sites (tertiary alicyclic amines) is 2. The summed E-state index contributed by atoms with van der Waals surface area (Å²) in [5, 5.41) is 14.9. The first-order valence-corrected chi connectivity index (χ1v) is 21.5. The van der Waals surface area contributed by atoms with Crippen LogP contribution in [-0.4, -0.2) is 118 Å². The Balaban J connectivity index is 0.000000231. The van der Waals surface area contributed by atoms with Crippen molar-refractivity contribution in [2.75, 3.05) is 20.2 Å². The highest BCUT2D eigenvalue weighted by Crippen LogP contribution is 2.66. The first kappa shape index (κ1) is 48.2. The molecule has 0 aromatic heterocycles. The molecule has 61 heavy (non-hydrogen) atoms. The first-order chi connectivity index (χ1) is 27.8. The van der Waals surface area contributed by atoms with Crippen molar-refractivity contribution in [1.82, 2.24) is 20.4 Å². The second-order valence-corrected chi connectivity index (χ2v) is 21.3. The minimum absolute atomic E-state index is 0.0123. The average Bonchev–Trinajstić information content (AvgIpc) is 3.59. The Hall–Kier alpha value is -3.86. The van der Waals surface area contributed by atoms with Crippen LogP contribution < -0.4 is 10.6 Å². The van der Waals surface area contributed by atoms with E-state index >= 15 is 0 Å². The zero-order valence-corrected chi connectivity index (χ0v) is 37.4. The van der Waals surface area contributed by atoms with Crippen LogP contribution in [0.25, 0.3) is 0 Å². The second-order valence-electron chi connectivity index (χ2n) is 21.3. The monoisotopic (exact) mass is 874 g/mol. The maximum atomic E-state index is 13.7. The second kappa shape index (κ2) is 16.7. The third-order valence-corrected chi connectivity index (χ3v) is 14.0. The number of carbonyl (C=O) groups is 6. The number of carbonyl (C=O) groups excluding carboxylic acids is 5. The van der Waals surface area contributed by atoms with Gasteiger partial charge in [-0.15, -0.1) is 0 Å². The van der Waals surface area contributed by atoms with Crippen molar-refractivity contribution in [3.05, 3.63) is 0 Å². The lowest BCUT2D eigenvalue weighted by Crippen LogP contribution is -2.57. The molecule has 346 valence electrons. The van der Waals surface area contributed by atoms with Crippen molar-refractivity contribution in [3.8, 4) is 0 Å². The van der Waals surface area contributed by atoms with E-state index in [1.807, 2.05) is 13.8 Å². The SMILES string of the molecule is CC(C)(C)OC(=O)NC(C(=O)N1C[C@H]2[C@@H]([C@H]1C(=O)O)C2(C)C)C1CCC(F)(F)CC1.COC(=O)[C@@H]1[C@@H]2[C@H](CN1C(=O)C(NC(=O)OC(C)(C)C)C1CCC(F)(F)CC1)C2(C)C. The van der Waals surface area contributed by atoms with Gasteiger partial charge in [0, 0.05) is 50.6 Å². The number of halogens is 4. The molecule has 6 fully saturated rings. The zero-order chi connectivity index (χ0) is 46.0. The van der Waals surface area contributed by atoms with E-state index in [0.29, 0.717) is 13.1 Å². The minimum atomic E-state index is -2.78. The molecule has 4 saturated carbocycles. The Kier molecular flexibility index (Phi) is 13.2. The smallest absolute Gasteiger partial charge is 0.408 e. The van der Waals surface area contributed by atoms with Gasteiger partial charge in [-0.2, -0.15) is 0 Å². The van der Waals surface area contributed by atoms with Crippen molar-refractivity contribution in [2.45, 2.75) is 168 Å². The summed E-state index contributed by atoms with van der Waals surface area (Å²) >= 11 is 0. The van der Waals surface area contributed by atoms with E-state index in [9.17, 15) is 51.4 Å². The van der Waals surface area contributed by atoms with E-state index in [0.717, 1.165) is 0 Å². The minimum Gasteiger partial charge on any atom is -0.480 e. The predicted octanol–water partition coefficient (Wildman–Crippen LogP) is 6.63. The molecule has 8 atom stereocenters. The number of alkyl carbamates (subject to hydrolysis) is 2. The van der Waals surface area contributed by atoms with Crippen molar-refractivity contribution in [3.63, 3.8) is 0 Å². The summed E-state index contributed by atoms with van der Waals surface area (Å²) in [6.45, 7) is 18.9. The Morgan fingerprint density at radius 1 is 0.623 bits per heavy atom. The topological polar surface area (TPSA) is 181 Å². The van der Waals surface area contributed by atoms with Gasteiger partial charge in [-0.1, -0.05) is 27.7 Å². The van der Waals surface area contributed by atoms with Gasteiger partial charge in [-0.3, -0.25) is 9.59 Å². The quantitative estimate of drug-likeness (QED) is 0.136. The van der Waals surface area contributed by atoms with Gasteiger partial charge < -0.3 is 39.8 Å². The number of esters is 1. The number of methoxy groups -OCH3 is 1. The Labute approximate surface area is 355 Å². The maximum absolute atomic E-state index is 13.7. The number of ether oxygens (including phenoxy) is 3. The molecular formula is C43H66F4N4O10. The Morgan fingerprint density at radius 2 is 0.951 bits per heavy atom. The zero-order valence-electron chi connectivity index (χ0n) is 37.4. The van der Waals surface area contributed by atoms with E-state index in [2.05, 4.69) is 24.5 Å². The van der Waals surface area contributed by atoms with Crippen LogP contribution in [0.4, 0.5) is 27.2 Å². The van der Waals surface area contributed by atoms with E-state index in [-0.39, 0.29) is 85.9 Å². The van der Waals surface area contributed by atoms with E-state index in [1.54, 1.807) is 41.5 Å². The van der Waals surface area contributed by atoms with Crippen molar-refractivity contribution in [1.29, 1.82) is 0 Å². The molecule has 2 saturated heterocycles. The molecule has 2 unspecified atom stereocenters. The summed E-state index contributed by atoms with van der Waals surface area (Å²) in [5.41, 5.74) is -1.79. The molecule has 2 heterocycles. The number of rotatable bonds is 8. The van der Waals surface area contributed by atoms with Gasteiger partial charge in [0.05, 0.1) is 7.11 Å². The van der Waals surface area contributed by atoms with Crippen LogP contribution in [0.1, 0.15) is 121 Å². The fourth-order valence-electron chi connectivity index (χ4n) is 10.5. The fraction of sp³-hybridized carbons (Fsp3) is 0.860. The molecule has 0 aromatic rings. The van der Waals surface area contributed by atoms with Crippen LogP contribution in [0, 0.1) is 46.3 Å². The molecular weight excluding hydrogens is 808 g/mol. The molecule has 4 aliphatic carbocycles. The molecule has 4 amide bonds. The molecule has 0 aromatic carbocycles. The van der Waals surface area contributed by atoms with Crippen LogP contribution in [0.3, 0.4) is 0 Å². The molecule has 18 heteroatoms. The Morgan fingerprint density at radius 3 is 1.26 bits per heavy atom. The van der Waals surface area contributed by atoms with Crippen LogP contribution in [0.15, 0.2) is 0 Å². The summed E-state index contributed by atoms with van der Waals surface area (Å²) < 4.78 is 70.3. The number of aliphatic carboxylic acids is 1. The number of piperidine rings is 2.